The molecule has 1 aliphatic rings. The van der Waals surface area contributed by atoms with Crippen molar-refractivity contribution in [2.45, 2.75) is 17.2 Å². The van der Waals surface area contributed by atoms with Gasteiger partial charge in [-0.1, -0.05) is 15.9 Å². The molecule has 0 bridgehead atoms. The van der Waals surface area contributed by atoms with Gasteiger partial charge in [0, 0.05) is 10.9 Å². The molecule has 0 unspecified atom stereocenters. The van der Waals surface area contributed by atoms with Gasteiger partial charge in [0.05, 0.1) is 0 Å². The van der Waals surface area contributed by atoms with Crippen LogP contribution in [0.25, 0.3) is 0 Å². The molecule has 0 atom stereocenters. The molecule has 2 heteroatoms. The van der Waals surface area contributed by atoms with Gasteiger partial charge in [-0.3, -0.25) is 0 Å². The first-order chi connectivity index (χ1) is 3.27. The number of nitrogens with one attached hydrogen (secondary N) is 1. The van der Waals surface area contributed by atoms with Gasteiger partial charge in [0.15, 0.2) is 0 Å². The first-order valence-electron chi connectivity index (χ1n) is 2.60. The lowest BCUT2D eigenvalue weighted by molar-refractivity contribution is 0.761. The van der Waals surface area contributed by atoms with E-state index < -0.39 is 0 Å². The average Bonchev–Trinajstić information content (AvgIpc) is 2.22. The number of alkyl halides is 1. The molecule has 1 rings (SSSR count). The normalized spacial score (nSPS) is 24.9. The van der Waals surface area contributed by atoms with Crippen molar-refractivity contribution < 1.29 is 0 Å². The molecule has 0 aromatic rings. The van der Waals surface area contributed by atoms with Gasteiger partial charge < -0.3 is 5.32 Å². The third-order valence-corrected chi connectivity index (χ3v) is 2.36. The van der Waals surface area contributed by atoms with E-state index in [2.05, 4.69) is 21.2 Å². The zero-order valence-electron chi connectivity index (χ0n) is 4.50. The molecule has 0 amide bonds. The van der Waals surface area contributed by atoms with E-state index in [9.17, 15) is 0 Å². The predicted molar refractivity (Wildman–Crippen MR) is 34.8 cm³/mol. The van der Waals surface area contributed by atoms with Crippen molar-refractivity contribution >= 4 is 15.9 Å². The Bertz CT molecular complexity index is 68.5. The third kappa shape index (κ3) is 1.42. The molecule has 0 aromatic carbocycles. The van der Waals surface area contributed by atoms with Crippen molar-refractivity contribution in [2.75, 3.05) is 13.6 Å². The molecule has 7 heavy (non-hydrogen) atoms. The summed E-state index contributed by atoms with van der Waals surface area (Å²) in [5, 5.41) is 3.12. The van der Waals surface area contributed by atoms with E-state index in [-0.39, 0.29) is 0 Å². The van der Waals surface area contributed by atoms with Crippen LogP contribution >= 0.6 is 15.9 Å². The van der Waals surface area contributed by atoms with Crippen LogP contribution < -0.4 is 5.32 Å². The van der Waals surface area contributed by atoms with Crippen molar-refractivity contribution in [3.05, 3.63) is 0 Å². The minimum absolute atomic E-state index is 0.502. The number of hydrogen-bond acceptors (Lipinski definition) is 1. The Morgan fingerprint density at radius 2 is 2.29 bits per heavy atom. The second kappa shape index (κ2) is 1.75. The van der Waals surface area contributed by atoms with Gasteiger partial charge in [0.2, 0.25) is 0 Å². The molecule has 1 saturated carbocycles. The Morgan fingerprint density at radius 3 is 2.43 bits per heavy atom. The summed E-state index contributed by atoms with van der Waals surface area (Å²) in [6.07, 6.45) is 2.68. The fourth-order valence-electron chi connectivity index (χ4n) is 0.629. The van der Waals surface area contributed by atoms with Crippen LogP contribution in [-0.4, -0.2) is 17.9 Å². The van der Waals surface area contributed by atoms with E-state index in [1.165, 1.54) is 12.8 Å². The maximum atomic E-state index is 3.59. The van der Waals surface area contributed by atoms with E-state index in [4.69, 9.17) is 0 Å². The van der Waals surface area contributed by atoms with Gasteiger partial charge in [-0.05, 0) is 19.9 Å². The van der Waals surface area contributed by atoms with E-state index in [1.54, 1.807) is 0 Å². The largest absolute Gasteiger partial charge is 0.318 e. The Morgan fingerprint density at radius 1 is 1.71 bits per heavy atom. The summed E-state index contributed by atoms with van der Waals surface area (Å²) in [5.74, 6) is 0. The molecule has 42 valence electrons. The van der Waals surface area contributed by atoms with Gasteiger partial charge in [0.25, 0.3) is 0 Å². The molecular formula is C5H10BrN. The Hall–Kier alpha value is 0.440. The van der Waals surface area contributed by atoms with Crippen LogP contribution in [0, 0.1) is 0 Å². The van der Waals surface area contributed by atoms with Crippen LogP contribution in [0.3, 0.4) is 0 Å². The topological polar surface area (TPSA) is 12.0 Å². The van der Waals surface area contributed by atoms with Crippen molar-refractivity contribution in [2.24, 2.45) is 0 Å². The predicted octanol–water partition coefficient (Wildman–Crippen LogP) is 1.13. The maximum Gasteiger partial charge on any atom is 0.0383 e. The van der Waals surface area contributed by atoms with E-state index in [1.807, 2.05) is 7.05 Å². The fourth-order valence-corrected chi connectivity index (χ4v) is 1.11. The van der Waals surface area contributed by atoms with Crippen LogP contribution in [0.2, 0.25) is 0 Å². The zero-order valence-corrected chi connectivity index (χ0v) is 6.09. The highest BCUT2D eigenvalue weighted by atomic mass is 79.9. The summed E-state index contributed by atoms with van der Waals surface area (Å²) >= 11 is 3.59. The highest BCUT2D eigenvalue weighted by Crippen LogP contribution is 2.43. The lowest BCUT2D eigenvalue weighted by Crippen LogP contribution is -2.18. The molecule has 1 aliphatic carbocycles. The lowest BCUT2D eigenvalue weighted by atomic mass is 10.4. The van der Waals surface area contributed by atoms with Gasteiger partial charge in [-0.2, -0.15) is 0 Å². The highest BCUT2D eigenvalue weighted by Gasteiger charge is 2.38. The van der Waals surface area contributed by atoms with Crippen molar-refractivity contribution in [1.82, 2.24) is 5.32 Å². The van der Waals surface area contributed by atoms with Crippen molar-refractivity contribution in [1.29, 1.82) is 0 Å². The Kier molecular flexibility index (Phi) is 1.39. The first-order valence-corrected chi connectivity index (χ1v) is 3.40. The number of hydrogen-bond donors (Lipinski definition) is 1. The summed E-state index contributed by atoms with van der Waals surface area (Å²) in [6.45, 7) is 1.12. The first kappa shape index (κ1) is 5.57. The van der Waals surface area contributed by atoms with Gasteiger partial charge in [0.1, 0.15) is 0 Å². The molecule has 0 aromatic heterocycles. The monoisotopic (exact) mass is 163 g/mol. The molecule has 1 nitrogen and oxygen atoms in total. The van der Waals surface area contributed by atoms with Gasteiger partial charge in [-0.15, -0.1) is 0 Å². The molecular weight excluding hydrogens is 154 g/mol. The summed E-state index contributed by atoms with van der Waals surface area (Å²) < 4.78 is 0.502. The Labute approximate surface area is 52.6 Å². The van der Waals surface area contributed by atoms with Crippen LogP contribution in [0.1, 0.15) is 12.8 Å². The molecule has 0 saturated heterocycles. The minimum atomic E-state index is 0.502. The van der Waals surface area contributed by atoms with Crippen LogP contribution in [-0.2, 0) is 0 Å². The number of halogens is 1. The zero-order chi connectivity index (χ0) is 5.33. The molecule has 0 aliphatic heterocycles. The molecule has 0 radical (unpaired) electrons. The van der Waals surface area contributed by atoms with Gasteiger partial charge >= 0.3 is 0 Å². The average molecular weight is 164 g/mol. The second-order valence-corrected chi connectivity index (χ2v) is 3.86. The smallest absolute Gasteiger partial charge is 0.0383 e. The fraction of sp³-hybridized carbons (Fsp3) is 1.00. The van der Waals surface area contributed by atoms with Crippen LogP contribution in [0.4, 0.5) is 0 Å². The summed E-state index contributed by atoms with van der Waals surface area (Å²) in [7, 11) is 1.99. The quantitative estimate of drug-likeness (QED) is 0.603. The SMILES string of the molecule is CNCC1(Br)CC1. The van der Waals surface area contributed by atoms with Gasteiger partial charge in [-0.25, -0.2) is 0 Å². The molecule has 0 spiro atoms. The molecule has 0 heterocycles. The Balaban J connectivity index is 2.13. The lowest BCUT2D eigenvalue weighted by Gasteiger charge is -2.01. The minimum Gasteiger partial charge on any atom is -0.318 e. The summed E-state index contributed by atoms with van der Waals surface area (Å²) in [6, 6.07) is 0. The van der Waals surface area contributed by atoms with Crippen LogP contribution in [0.15, 0.2) is 0 Å². The van der Waals surface area contributed by atoms with E-state index >= 15 is 0 Å². The highest BCUT2D eigenvalue weighted by molar-refractivity contribution is 9.10. The third-order valence-electron chi connectivity index (χ3n) is 1.29. The van der Waals surface area contributed by atoms with Crippen molar-refractivity contribution in [3.63, 3.8) is 0 Å². The molecule has 1 N–H and O–H groups in total. The van der Waals surface area contributed by atoms with Crippen LogP contribution in [0.5, 0.6) is 0 Å². The standard InChI is InChI=1S/C5H10BrN/c1-7-4-5(6)2-3-5/h7H,2-4H2,1H3. The van der Waals surface area contributed by atoms with Crippen molar-refractivity contribution in [3.8, 4) is 0 Å². The second-order valence-electron chi connectivity index (χ2n) is 2.18. The summed E-state index contributed by atoms with van der Waals surface area (Å²) in [5.41, 5.74) is 0. The maximum absolute atomic E-state index is 3.59. The summed E-state index contributed by atoms with van der Waals surface area (Å²) in [4.78, 5) is 0. The molecule has 1 fully saturated rings. The van der Waals surface area contributed by atoms with E-state index in [0.29, 0.717) is 4.32 Å². The number of rotatable bonds is 2. The van der Waals surface area contributed by atoms with E-state index in [0.717, 1.165) is 6.54 Å².